The molecule has 4 rings (SSSR count). The molecule has 166 valence electrons. The van der Waals surface area contributed by atoms with Crippen LogP contribution in [0, 0.1) is 11.7 Å². The first-order valence-electron chi connectivity index (χ1n) is 10.4. The fraction of sp³-hybridized carbons (Fsp3) is 0.292. The molecule has 3 aromatic rings. The number of hydrogen-bond acceptors (Lipinski definition) is 6. The van der Waals surface area contributed by atoms with Gasteiger partial charge in [-0.15, -0.1) is 0 Å². The van der Waals surface area contributed by atoms with Crippen molar-refractivity contribution in [3.05, 3.63) is 60.7 Å². The van der Waals surface area contributed by atoms with Gasteiger partial charge in [-0.3, -0.25) is 4.79 Å². The van der Waals surface area contributed by atoms with E-state index in [0.717, 1.165) is 30.5 Å². The summed E-state index contributed by atoms with van der Waals surface area (Å²) in [6.07, 6.45) is 5.01. The second-order valence-corrected chi connectivity index (χ2v) is 7.66. The number of nitrogens with one attached hydrogen (secondary N) is 1. The highest BCUT2D eigenvalue weighted by atomic mass is 19.1. The highest BCUT2D eigenvalue weighted by Gasteiger charge is 2.27. The summed E-state index contributed by atoms with van der Waals surface area (Å²) < 4.78 is 24.0. The number of nitrogens with zero attached hydrogens (tertiary/aromatic N) is 3. The van der Waals surface area contributed by atoms with E-state index in [1.807, 2.05) is 11.0 Å². The molecular formula is C24H25FN4O3. The zero-order valence-corrected chi connectivity index (χ0v) is 18.0. The third-order valence-corrected chi connectivity index (χ3v) is 5.49. The predicted molar refractivity (Wildman–Crippen MR) is 121 cm³/mol. The topological polar surface area (TPSA) is 76.6 Å². The maximum absolute atomic E-state index is 13.5. The van der Waals surface area contributed by atoms with Crippen molar-refractivity contribution in [3.63, 3.8) is 0 Å². The van der Waals surface area contributed by atoms with E-state index < -0.39 is 0 Å². The normalized spacial score (nSPS) is 15.8. The molecule has 0 saturated carbocycles. The number of rotatable bonds is 6. The van der Waals surface area contributed by atoms with Gasteiger partial charge in [-0.1, -0.05) is 12.1 Å². The van der Waals surface area contributed by atoms with Crippen LogP contribution in [0.15, 0.2) is 54.9 Å². The maximum atomic E-state index is 13.5. The van der Waals surface area contributed by atoms with Crippen molar-refractivity contribution in [2.24, 2.45) is 5.92 Å². The average Bonchev–Trinajstić information content (AvgIpc) is 2.84. The molecule has 1 aliphatic rings. The number of carbonyl (C=O) groups excluding carboxylic acids is 1. The van der Waals surface area contributed by atoms with Crippen molar-refractivity contribution < 1.29 is 18.7 Å². The average molecular weight is 436 g/mol. The van der Waals surface area contributed by atoms with Gasteiger partial charge in [0.25, 0.3) is 0 Å². The third-order valence-electron chi connectivity index (χ3n) is 5.49. The summed E-state index contributed by atoms with van der Waals surface area (Å²) in [5, 5.41) is 2.97. The molecule has 32 heavy (non-hydrogen) atoms. The van der Waals surface area contributed by atoms with Gasteiger partial charge in [0.1, 0.15) is 17.3 Å². The lowest BCUT2D eigenvalue weighted by atomic mass is 9.97. The first-order chi connectivity index (χ1) is 15.6. The van der Waals surface area contributed by atoms with Crippen molar-refractivity contribution in [3.8, 4) is 22.6 Å². The van der Waals surface area contributed by atoms with Crippen molar-refractivity contribution in [1.29, 1.82) is 0 Å². The number of hydrogen-bond donors (Lipinski definition) is 1. The lowest BCUT2D eigenvalue weighted by molar-refractivity contribution is -0.120. The Kier molecular flexibility index (Phi) is 6.49. The third kappa shape index (κ3) is 4.96. The second-order valence-electron chi connectivity index (χ2n) is 7.66. The van der Waals surface area contributed by atoms with E-state index in [0.29, 0.717) is 29.7 Å². The molecule has 1 saturated heterocycles. The molecule has 1 aromatic heterocycles. The van der Waals surface area contributed by atoms with Crippen LogP contribution in [0.2, 0.25) is 0 Å². The van der Waals surface area contributed by atoms with E-state index in [1.165, 1.54) is 12.1 Å². The molecule has 0 aliphatic carbocycles. The Morgan fingerprint density at radius 1 is 1.06 bits per heavy atom. The molecule has 0 radical (unpaired) electrons. The van der Waals surface area contributed by atoms with E-state index in [9.17, 15) is 9.18 Å². The second kappa shape index (κ2) is 9.64. The summed E-state index contributed by atoms with van der Waals surface area (Å²) in [4.78, 5) is 23.8. The van der Waals surface area contributed by atoms with Crippen LogP contribution < -0.4 is 19.7 Å². The number of carbonyl (C=O) groups is 1. The van der Waals surface area contributed by atoms with Gasteiger partial charge in [-0.2, -0.15) is 0 Å². The number of halogens is 1. The summed E-state index contributed by atoms with van der Waals surface area (Å²) in [6, 6.07) is 11.6. The van der Waals surface area contributed by atoms with Crippen LogP contribution in [0.5, 0.6) is 11.5 Å². The van der Waals surface area contributed by atoms with Gasteiger partial charge in [0.05, 0.1) is 20.1 Å². The summed E-state index contributed by atoms with van der Waals surface area (Å²) in [5.41, 5.74) is 2.09. The van der Waals surface area contributed by atoms with E-state index in [4.69, 9.17) is 9.47 Å². The van der Waals surface area contributed by atoms with Crippen molar-refractivity contribution in [2.75, 3.05) is 37.5 Å². The Balaban J connectivity index is 1.43. The largest absolute Gasteiger partial charge is 0.497 e. The monoisotopic (exact) mass is 436 g/mol. The molecular weight excluding hydrogens is 411 g/mol. The number of benzene rings is 2. The van der Waals surface area contributed by atoms with Crippen LogP contribution in [-0.2, 0) is 4.79 Å². The minimum absolute atomic E-state index is 0.0682. The molecule has 0 spiro atoms. The summed E-state index contributed by atoms with van der Waals surface area (Å²) >= 11 is 0. The van der Waals surface area contributed by atoms with Gasteiger partial charge in [-0.05, 0) is 30.5 Å². The molecule has 1 aliphatic heterocycles. The summed E-state index contributed by atoms with van der Waals surface area (Å²) in [6.45, 7) is 1.29. The van der Waals surface area contributed by atoms with Crippen LogP contribution in [0.1, 0.15) is 12.8 Å². The van der Waals surface area contributed by atoms with Crippen molar-refractivity contribution in [1.82, 2.24) is 9.97 Å². The number of ether oxygens (including phenoxy) is 2. The predicted octanol–water partition coefficient (Wildman–Crippen LogP) is 4.16. The molecule has 2 aromatic carbocycles. The van der Waals surface area contributed by atoms with E-state index in [2.05, 4.69) is 15.3 Å². The van der Waals surface area contributed by atoms with E-state index in [1.54, 1.807) is 50.9 Å². The molecule has 7 nitrogen and oxygen atoms in total. The number of anilines is 2. The minimum atomic E-state index is -0.301. The molecule has 2 heterocycles. The molecule has 0 unspecified atom stereocenters. The van der Waals surface area contributed by atoms with Gasteiger partial charge < -0.3 is 19.7 Å². The number of piperidine rings is 1. The first kappa shape index (κ1) is 21.5. The first-order valence-corrected chi connectivity index (χ1v) is 10.4. The van der Waals surface area contributed by atoms with E-state index >= 15 is 0 Å². The van der Waals surface area contributed by atoms with Gasteiger partial charge in [0, 0.05) is 54.9 Å². The van der Waals surface area contributed by atoms with Gasteiger partial charge >= 0.3 is 0 Å². The van der Waals surface area contributed by atoms with Crippen LogP contribution >= 0.6 is 0 Å². The Morgan fingerprint density at radius 2 is 1.78 bits per heavy atom. The highest BCUT2D eigenvalue weighted by molar-refractivity contribution is 5.93. The fourth-order valence-electron chi connectivity index (χ4n) is 3.80. The lowest BCUT2D eigenvalue weighted by Gasteiger charge is -2.32. The number of amides is 1. The van der Waals surface area contributed by atoms with Crippen LogP contribution in [0.4, 0.5) is 16.0 Å². The van der Waals surface area contributed by atoms with Crippen molar-refractivity contribution >= 4 is 17.5 Å². The molecule has 8 heteroatoms. The van der Waals surface area contributed by atoms with Gasteiger partial charge in [0.15, 0.2) is 0 Å². The minimum Gasteiger partial charge on any atom is -0.497 e. The quantitative estimate of drug-likeness (QED) is 0.626. The van der Waals surface area contributed by atoms with Gasteiger partial charge in [-0.25, -0.2) is 14.4 Å². The zero-order chi connectivity index (χ0) is 22.5. The zero-order valence-electron chi connectivity index (χ0n) is 18.0. The van der Waals surface area contributed by atoms with Crippen LogP contribution in [-0.4, -0.2) is 43.2 Å². The van der Waals surface area contributed by atoms with Crippen LogP contribution in [0.25, 0.3) is 11.1 Å². The Labute approximate surface area is 186 Å². The Morgan fingerprint density at radius 3 is 2.44 bits per heavy atom. The standard InChI is InChI=1S/C24H25FN4O3/c1-31-21-10-20(11-22(12-21)32-2)28-23(30)17-6-4-8-29(15-17)24-26-13-18(14-27-24)16-5-3-7-19(25)9-16/h3,5,7,9-14,17H,4,6,8,15H2,1-2H3,(H,28,30)/t17-/m0/s1. The van der Waals surface area contributed by atoms with E-state index in [-0.39, 0.29) is 17.6 Å². The molecule has 1 atom stereocenters. The number of aromatic nitrogens is 2. The van der Waals surface area contributed by atoms with Crippen LogP contribution in [0.3, 0.4) is 0 Å². The fourth-order valence-corrected chi connectivity index (χ4v) is 3.80. The van der Waals surface area contributed by atoms with Gasteiger partial charge in [0.2, 0.25) is 11.9 Å². The Bertz CT molecular complexity index is 1070. The summed E-state index contributed by atoms with van der Waals surface area (Å²) in [5.74, 6) is 1.21. The summed E-state index contributed by atoms with van der Waals surface area (Å²) in [7, 11) is 3.14. The number of methoxy groups -OCH3 is 2. The maximum Gasteiger partial charge on any atom is 0.229 e. The smallest absolute Gasteiger partial charge is 0.229 e. The molecule has 1 amide bonds. The van der Waals surface area contributed by atoms with Crippen molar-refractivity contribution in [2.45, 2.75) is 12.8 Å². The molecule has 1 N–H and O–H groups in total. The highest BCUT2D eigenvalue weighted by Crippen LogP contribution is 2.28. The SMILES string of the molecule is COc1cc(NC(=O)[C@H]2CCCN(c3ncc(-c4cccc(F)c4)cn3)C2)cc(OC)c1. The Hall–Kier alpha value is -3.68. The lowest BCUT2D eigenvalue weighted by Crippen LogP contribution is -2.41. The molecule has 1 fully saturated rings. The molecule has 0 bridgehead atoms.